The average Bonchev–Trinajstić information content (AvgIpc) is 2.25. The van der Waals surface area contributed by atoms with Crippen LogP contribution in [0, 0.1) is 0 Å². The zero-order valence-corrected chi connectivity index (χ0v) is 11.9. The summed E-state index contributed by atoms with van der Waals surface area (Å²) in [5, 5.41) is 3.01. The fourth-order valence-electron chi connectivity index (χ4n) is 1.33. The average molecular weight is 298 g/mol. The molecule has 0 heterocycles. The molecule has 0 atom stereocenters. The first-order chi connectivity index (χ1) is 8.78. The Balaban J connectivity index is 4.60. The van der Waals surface area contributed by atoms with Crippen LogP contribution in [0.25, 0.3) is 0 Å². The number of halogens is 4. The Morgan fingerprint density at radius 1 is 1.42 bits per heavy atom. The lowest BCUT2D eigenvalue weighted by Crippen LogP contribution is -2.21. The van der Waals surface area contributed by atoms with Crippen molar-refractivity contribution in [1.82, 2.24) is 5.32 Å². The lowest BCUT2D eigenvalue weighted by Gasteiger charge is -2.11. The summed E-state index contributed by atoms with van der Waals surface area (Å²) in [5.41, 5.74) is 0.481. The molecule has 0 rings (SSSR count). The lowest BCUT2D eigenvalue weighted by atomic mass is 10.1. The zero-order chi connectivity index (χ0) is 14.9. The highest BCUT2D eigenvalue weighted by molar-refractivity contribution is 6.18. The minimum Gasteiger partial charge on any atom is -0.368 e. The zero-order valence-electron chi connectivity index (χ0n) is 11.1. The number of aliphatic imine (C=N–C) groups is 2. The minimum atomic E-state index is -4.15. The molecule has 0 aliphatic rings. The number of hydrogen-bond donors (Lipinski definition) is 1. The highest BCUT2D eigenvalue weighted by Crippen LogP contribution is 2.22. The lowest BCUT2D eigenvalue weighted by molar-refractivity contribution is -0.135. The molecular formula is C12H19ClF3N3. The molecule has 0 aliphatic heterocycles. The van der Waals surface area contributed by atoms with Crippen molar-refractivity contribution in [2.45, 2.75) is 45.3 Å². The third-order valence-electron chi connectivity index (χ3n) is 2.07. The van der Waals surface area contributed by atoms with Gasteiger partial charge in [-0.2, -0.15) is 13.2 Å². The summed E-state index contributed by atoms with van der Waals surface area (Å²) >= 11 is 5.49. The summed E-state index contributed by atoms with van der Waals surface area (Å²) in [5.74, 6) is 0.478. The van der Waals surface area contributed by atoms with Crippen LogP contribution in [0.15, 0.2) is 21.9 Å². The maximum absolute atomic E-state index is 12.1. The van der Waals surface area contributed by atoms with Gasteiger partial charge in [-0.25, -0.2) is 4.99 Å². The predicted molar refractivity (Wildman–Crippen MR) is 74.0 cm³/mol. The first kappa shape index (κ1) is 18.0. The van der Waals surface area contributed by atoms with Crippen LogP contribution in [0.4, 0.5) is 13.2 Å². The Kier molecular flexibility index (Phi) is 8.47. The van der Waals surface area contributed by atoms with Crippen LogP contribution in [0.1, 0.15) is 33.1 Å². The number of nitrogens with one attached hydrogen (secondary N) is 1. The van der Waals surface area contributed by atoms with Crippen molar-refractivity contribution in [2.75, 3.05) is 6.00 Å². The Bertz CT molecular complexity index is 336. The van der Waals surface area contributed by atoms with Crippen molar-refractivity contribution in [3.05, 3.63) is 11.9 Å². The molecule has 0 saturated carbocycles. The standard InChI is InChI=1S/C12H19ClF3N3/c1-9(2)19-11(17-3)7-10(18-8-13)5-4-6-12(14,15)16/h7,9,19H,3-6,8H2,1-2H3/b11-7+,18-10-. The van der Waals surface area contributed by atoms with Crippen LogP contribution >= 0.6 is 11.6 Å². The van der Waals surface area contributed by atoms with Gasteiger partial charge in [-0.15, -0.1) is 11.6 Å². The molecule has 110 valence electrons. The van der Waals surface area contributed by atoms with Crippen LogP contribution in [0.2, 0.25) is 0 Å². The smallest absolute Gasteiger partial charge is 0.368 e. The molecule has 0 spiro atoms. The number of allylic oxidation sites excluding steroid dienone is 1. The van der Waals surface area contributed by atoms with Gasteiger partial charge in [0.1, 0.15) is 11.8 Å². The van der Waals surface area contributed by atoms with Gasteiger partial charge in [0, 0.05) is 24.3 Å². The molecule has 0 saturated heterocycles. The van der Waals surface area contributed by atoms with E-state index in [1.165, 1.54) is 0 Å². The molecule has 0 fully saturated rings. The van der Waals surface area contributed by atoms with E-state index in [9.17, 15) is 13.2 Å². The molecule has 0 aromatic rings. The Labute approximate surface area is 116 Å². The van der Waals surface area contributed by atoms with Crippen LogP contribution in [0.3, 0.4) is 0 Å². The van der Waals surface area contributed by atoms with E-state index in [0.29, 0.717) is 11.5 Å². The fourth-order valence-corrected chi connectivity index (χ4v) is 1.48. The van der Waals surface area contributed by atoms with Gasteiger partial charge in [0.15, 0.2) is 0 Å². The van der Waals surface area contributed by atoms with Crippen molar-refractivity contribution in [1.29, 1.82) is 0 Å². The summed E-state index contributed by atoms with van der Waals surface area (Å²) in [6.07, 6.45) is -3.24. The number of rotatable bonds is 8. The first-order valence-electron chi connectivity index (χ1n) is 5.89. The Morgan fingerprint density at radius 2 is 2.05 bits per heavy atom. The van der Waals surface area contributed by atoms with E-state index < -0.39 is 12.6 Å². The second-order valence-corrected chi connectivity index (χ2v) is 4.46. The summed E-state index contributed by atoms with van der Waals surface area (Å²) in [4.78, 5) is 7.71. The summed E-state index contributed by atoms with van der Waals surface area (Å²) < 4.78 is 36.2. The van der Waals surface area contributed by atoms with Crippen LogP contribution in [-0.2, 0) is 0 Å². The number of nitrogens with zero attached hydrogens (tertiary/aromatic N) is 2. The first-order valence-corrected chi connectivity index (χ1v) is 6.43. The molecule has 1 N–H and O–H groups in total. The fraction of sp³-hybridized carbons (Fsp3) is 0.667. The second-order valence-electron chi connectivity index (χ2n) is 4.22. The van der Waals surface area contributed by atoms with Gasteiger partial charge in [-0.05, 0) is 33.4 Å². The molecule has 3 nitrogen and oxygen atoms in total. The molecule has 0 amide bonds. The Hall–Kier alpha value is -1.04. The molecule has 0 bridgehead atoms. The molecule has 0 aromatic heterocycles. The third-order valence-corrected chi connectivity index (χ3v) is 2.19. The van der Waals surface area contributed by atoms with E-state index in [2.05, 4.69) is 22.0 Å². The molecule has 7 heteroatoms. The molecule has 19 heavy (non-hydrogen) atoms. The van der Waals surface area contributed by atoms with Crippen LogP contribution in [0.5, 0.6) is 0 Å². The van der Waals surface area contributed by atoms with Gasteiger partial charge in [0.25, 0.3) is 0 Å². The predicted octanol–water partition coefficient (Wildman–Crippen LogP) is 3.90. The number of alkyl halides is 4. The maximum atomic E-state index is 12.1. The van der Waals surface area contributed by atoms with Crippen molar-refractivity contribution >= 4 is 24.0 Å². The molecule has 0 aliphatic carbocycles. The van der Waals surface area contributed by atoms with Crippen molar-refractivity contribution in [2.24, 2.45) is 9.98 Å². The van der Waals surface area contributed by atoms with Crippen LogP contribution < -0.4 is 5.32 Å². The molecule has 0 aromatic carbocycles. The summed E-state index contributed by atoms with van der Waals surface area (Å²) in [6, 6.07) is 0.147. The van der Waals surface area contributed by atoms with E-state index in [1.807, 2.05) is 13.8 Å². The Morgan fingerprint density at radius 3 is 2.47 bits per heavy atom. The second kappa shape index (κ2) is 8.96. The normalized spacial score (nSPS) is 13.8. The highest BCUT2D eigenvalue weighted by atomic mass is 35.5. The van der Waals surface area contributed by atoms with E-state index in [4.69, 9.17) is 11.6 Å². The largest absolute Gasteiger partial charge is 0.389 e. The molecule has 0 unspecified atom stereocenters. The van der Waals surface area contributed by atoms with Gasteiger partial charge in [-0.3, -0.25) is 4.99 Å². The minimum absolute atomic E-state index is 0.00392. The maximum Gasteiger partial charge on any atom is 0.389 e. The van der Waals surface area contributed by atoms with Crippen molar-refractivity contribution < 1.29 is 13.2 Å². The van der Waals surface area contributed by atoms with E-state index in [1.54, 1.807) is 6.08 Å². The van der Waals surface area contributed by atoms with Gasteiger partial charge in [-0.1, -0.05) is 0 Å². The molecule has 0 radical (unpaired) electrons. The third kappa shape index (κ3) is 10.6. The van der Waals surface area contributed by atoms with Gasteiger partial charge in [0.05, 0.1) is 0 Å². The number of hydrogen-bond acceptors (Lipinski definition) is 3. The van der Waals surface area contributed by atoms with E-state index >= 15 is 0 Å². The highest BCUT2D eigenvalue weighted by Gasteiger charge is 2.26. The van der Waals surface area contributed by atoms with E-state index in [0.717, 1.165) is 0 Å². The molecular weight excluding hydrogens is 279 g/mol. The van der Waals surface area contributed by atoms with Gasteiger partial charge < -0.3 is 5.32 Å². The van der Waals surface area contributed by atoms with Gasteiger partial charge >= 0.3 is 6.18 Å². The SMILES string of the molecule is C=N/C(=C\C(CCCC(F)(F)F)=N/CCl)NC(C)C. The van der Waals surface area contributed by atoms with E-state index in [-0.39, 0.29) is 24.9 Å². The monoisotopic (exact) mass is 297 g/mol. The van der Waals surface area contributed by atoms with Crippen LogP contribution in [-0.4, -0.2) is 30.7 Å². The summed E-state index contributed by atoms with van der Waals surface area (Å²) in [6.45, 7) is 7.23. The van der Waals surface area contributed by atoms with Crippen molar-refractivity contribution in [3.8, 4) is 0 Å². The quantitative estimate of drug-likeness (QED) is 0.412. The van der Waals surface area contributed by atoms with Crippen molar-refractivity contribution in [3.63, 3.8) is 0 Å². The summed E-state index contributed by atoms with van der Waals surface area (Å²) in [7, 11) is 0. The van der Waals surface area contributed by atoms with Gasteiger partial charge in [0.2, 0.25) is 0 Å². The topological polar surface area (TPSA) is 36.8 Å².